The number of nitrogens with two attached hydrogens (primary N) is 1. The maximum Gasteiger partial charge on any atom is 0.271 e. The van der Waals surface area contributed by atoms with Crippen molar-refractivity contribution in [2.45, 2.75) is 51.2 Å². The van der Waals surface area contributed by atoms with Crippen molar-refractivity contribution in [3.8, 4) is 0 Å². The summed E-state index contributed by atoms with van der Waals surface area (Å²) in [6, 6.07) is 5.14. The summed E-state index contributed by atoms with van der Waals surface area (Å²) in [5, 5.41) is 17.1. The Kier molecular flexibility index (Phi) is 6.59. The number of amides is 1. The SMILES string of the molecule is CCc1nc(C(N)=O)c(Nc2cc(Cl)cc(Cl)c2)nc1N[C@H]1CC[C@H](O)CC1. The molecule has 0 bridgehead atoms. The van der Waals surface area contributed by atoms with Gasteiger partial charge in [-0.05, 0) is 50.3 Å². The van der Waals surface area contributed by atoms with Gasteiger partial charge in [0.25, 0.3) is 5.91 Å². The van der Waals surface area contributed by atoms with Crippen molar-refractivity contribution >= 4 is 46.4 Å². The molecule has 1 aromatic carbocycles. The Balaban J connectivity index is 1.93. The molecule has 1 aliphatic rings. The van der Waals surface area contributed by atoms with Crippen molar-refractivity contribution in [2.24, 2.45) is 5.73 Å². The van der Waals surface area contributed by atoms with E-state index >= 15 is 0 Å². The summed E-state index contributed by atoms with van der Waals surface area (Å²) >= 11 is 12.1. The number of hydrogen-bond donors (Lipinski definition) is 4. The molecule has 0 unspecified atom stereocenters. The number of halogens is 2. The van der Waals surface area contributed by atoms with E-state index in [1.54, 1.807) is 18.2 Å². The van der Waals surface area contributed by atoms with Crippen molar-refractivity contribution in [3.05, 3.63) is 39.6 Å². The van der Waals surface area contributed by atoms with E-state index in [9.17, 15) is 9.90 Å². The number of rotatable bonds is 6. The first-order valence-electron chi connectivity index (χ1n) is 9.24. The second-order valence-corrected chi connectivity index (χ2v) is 7.74. The minimum absolute atomic E-state index is 0.0533. The van der Waals surface area contributed by atoms with Gasteiger partial charge >= 0.3 is 0 Å². The second kappa shape index (κ2) is 8.94. The number of carbonyl (C=O) groups is 1. The smallest absolute Gasteiger partial charge is 0.271 e. The number of aliphatic hydroxyl groups excluding tert-OH is 1. The molecule has 1 amide bonds. The quantitative estimate of drug-likeness (QED) is 0.560. The zero-order chi connectivity index (χ0) is 20.3. The third-order valence-corrected chi connectivity index (χ3v) is 5.14. The normalized spacial score (nSPS) is 19.3. The summed E-state index contributed by atoms with van der Waals surface area (Å²) < 4.78 is 0. The molecule has 1 aromatic heterocycles. The Bertz CT molecular complexity index is 849. The lowest BCUT2D eigenvalue weighted by Gasteiger charge is -2.27. The molecule has 2 aromatic rings. The highest BCUT2D eigenvalue weighted by Crippen LogP contribution is 2.28. The van der Waals surface area contributed by atoms with E-state index in [1.165, 1.54) is 0 Å². The summed E-state index contributed by atoms with van der Waals surface area (Å²) in [5.41, 5.74) is 6.81. The third kappa shape index (κ3) is 5.04. The van der Waals surface area contributed by atoms with E-state index < -0.39 is 5.91 Å². The van der Waals surface area contributed by atoms with Crippen LogP contribution in [0.25, 0.3) is 0 Å². The molecular weight excluding hydrogens is 401 g/mol. The van der Waals surface area contributed by atoms with Crippen LogP contribution in [0.5, 0.6) is 0 Å². The first-order valence-corrected chi connectivity index (χ1v) is 9.99. The van der Waals surface area contributed by atoms with E-state index in [0.29, 0.717) is 33.7 Å². The van der Waals surface area contributed by atoms with Crippen LogP contribution in [0.1, 0.15) is 48.8 Å². The van der Waals surface area contributed by atoms with Crippen LogP contribution >= 0.6 is 23.2 Å². The van der Waals surface area contributed by atoms with Crippen LogP contribution in [-0.2, 0) is 6.42 Å². The van der Waals surface area contributed by atoms with Crippen LogP contribution in [0.3, 0.4) is 0 Å². The predicted octanol–water partition coefficient (Wildman–Crippen LogP) is 3.90. The Morgan fingerprint density at radius 2 is 1.79 bits per heavy atom. The molecule has 1 heterocycles. The van der Waals surface area contributed by atoms with E-state index in [1.807, 2.05) is 6.92 Å². The highest BCUT2D eigenvalue weighted by molar-refractivity contribution is 6.35. The molecule has 1 fully saturated rings. The maximum absolute atomic E-state index is 11.9. The molecule has 9 heteroatoms. The van der Waals surface area contributed by atoms with Crippen LogP contribution in [0.4, 0.5) is 17.3 Å². The van der Waals surface area contributed by atoms with Gasteiger partial charge in [0.1, 0.15) is 5.82 Å². The van der Waals surface area contributed by atoms with Crippen molar-refractivity contribution < 1.29 is 9.90 Å². The maximum atomic E-state index is 11.9. The Labute approximate surface area is 173 Å². The fraction of sp³-hybridized carbons (Fsp3) is 0.421. The molecule has 1 aliphatic carbocycles. The van der Waals surface area contributed by atoms with Crippen molar-refractivity contribution in [3.63, 3.8) is 0 Å². The number of hydrogen-bond acceptors (Lipinski definition) is 6. The van der Waals surface area contributed by atoms with Crippen LogP contribution in [0, 0.1) is 0 Å². The first-order chi connectivity index (χ1) is 13.4. The number of nitrogens with one attached hydrogen (secondary N) is 2. The number of benzene rings is 1. The molecule has 1 saturated carbocycles. The summed E-state index contributed by atoms with van der Waals surface area (Å²) in [5.74, 6) is 0.163. The van der Waals surface area contributed by atoms with Gasteiger partial charge in [0.05, 0.1) is 11.8 Å². The van der Waals surface area contributed by atoms with E-state index in [-0.39, 0.29) is 23.7 Å². The van der Waals surface area contributed by atoms with Gasteiger partial charge in [-0.15, -0.1) is 0 Å². The lowest BCUT2D eigenvalue weighted by molar-refractivity contribution is 0.0996. The van der Waals surface area contributed by atoms with Gasteiger partial charge in [-0.2, -0.15) is 0 Å². The number of aliphatic hydroxyl groups is 1. The Hall–Kier alpha value is -2.09. The topological polar surface area (TPSA) is 113 Å². The third-order valence-electron chi connectivity index (χ3n) is 4.70. The van der Waals surface area contributed by atoms with Crippen molar-refractivity contribution in [1.29, 1.82) is 0 Å². The van der Waals surface area contributed by atoms with Gasteiger partial charge < -0.3 is 21.5 Å². The van der Waals surface area contributed by atoms with Crippen molar-refractivity contribution in [2.75, 3.05) is 10.6 Å². The highest BCUT2D eigenvalue weighted by Gasteiger charge is 2.23. The lowest BCUT2D eigenvalue weighted by Crippen LogP contribution is -2.29. The number of carbonyl (C=O) groups excluding carboxylic acids is 1. The molecule has 150 valence electrons. The molecule has 28 heavy (non-hydrogen) atoms. The Morgan fingerprint density at radius 3 is 2.36 bits per heavy atom. The average Bonchev–Trinajstić information content (AvgIpc) is 2.62. The van der Waals surface area contributed by atoms with Crippen LogP contribution in [-0.4, -0.2) is 33.1 Å². The number of nitrogens with zero attached hydrogens (tertiary/aromatic N) is 2. The van der Waals surface area contributed by atoms with E-state index in [4.69, 9.17) is 28.9 Å². The summed E-state index contributed by atoms with van der Waals surface area (Å²) in [6.07, 6.45) is 3.54. The van der Waals surface area contributed by atoms with Gasteiger partial charge in [-0.3, -0.25) is 4.79 Å². The first kappa shape index (κ1) is 20.6. The van der Waals surface area contributed by atoms with Crippen molar-refractivity contribution in [1.82, 2.24) is 9.97 Å². The number of anilines is 3. The van der Waals surface area contributed by atoms with Gasteiger partial charge in [-0.1, -0.05) is 30.1 Å². The summed E-state index contributed by atoms with van der Waals surface area (Å²) in [7, 11) is 0. The molecule has 3 rings (SSSR count). The fourth-order valence-corrected chi connectivity index (χ4v) is 3.79. The molecule has 7 nitrogen and oxygen atoms in total. The van der Waals surface area contributed by atoms with Crippen LogP contribution in [0.15, 0.2) is 18.2 Å². The average molecular weight is 424 g/mol. The molecule has 0 radical (unpaired) electrons. The molecule has 5 N–H and O–H groups in total. The minimum Gasteiger partial charge on any atom is -0.393 e. The lowest BCUT2D eigenvalue weighted by atomic mass is 9.93. The molecule has 0 aliphatic heterocycles. The number of aryl methyl sites for hydroxylation is 1. The minimum atomic E-state index is -0.676. The predicted molar refractivity (Wildman–Crippen MR) is 112 cm³/mol. The molecule has 0 saturated heterocycles. The number of primary amides is 1. The fourth-order valence-electron chi connectivity index (χ4n) is 3.27. The van der Waals surface area contributed by atoms with E-state index in [0.717, 1.165) is 25.7 Å². The zero-order valence-corrected chi connectivity index (χ0v) is 17.0. The standard InChI is InChI=1S/C19H23Cl2N5O2/c1-2-15-18(23-12-3-5-14(27)6-4-12)26-19(16(25-15)17(22)28)24-13-8-10(20)7-11(21)9-13/h7-9,12,14,27H,2-6H2,1H3,(H2,22,28)(H2,23,24,26)/t12-,14-. The highest BCUT2D eigenvalue weighted by atomic mass is 35.5. The Morgan fingerprint density at radius 1 is 1.14 bits per heavy atom. The van der Waals surface area contributed by atoms with Crippen LogP contribution in [0.2, 0.25) is 10.0 Å². The van der Waals surface area contributed by atoms with Gasteiger partial charge in [0.15, 0.2) is 11.5 Å². The molecule has 0 spiro atoms. The van der Waals surface area contributed by atoms with Gasteiger partial charge in [0, 0.05) is 21.8 Å². The van der Waals surface area contributed by atoms with Gasteiger partial charge in [0.2, 0.25) is 0 Å². The van der Waals surface area contributed by atoms with E-state index in [2.05, 4.69) is 20.6 Å². The van der Waals surface area contributed by atoms with Crippen LogP contribution < -0.4 is 16.4 Å². The summed E-state index contributed by atoms with van der Waals surface area (Å²) in [6.45, 7) is 1.94. The summed E-state index contributed by atoms with van der Waals surface area (Å²) in [4.78, 5) is 21.0. The number of aromatic nitrogens is 2. The largest absolute Gasteiger partial charge is 0.393 e. The zero-order valence-electron chi connectivity index (χ0n) is 15.5. The molecule has 0 atom stereocenters. The molecular formula is C19H23Cl2N5O2. The second-order valence-electron chi connectivity index (χ2n) is 6.87. The van der Waals surface area contributed by atoms with Gasteiger partial charge in [-0.25, -0.2) is 9.97 Å². The monoisotopic (exact) mass is 423 g/mol.